The van der Waals surface area contributed by atoms with Crippen molar-refractivity contribution in [2.45, 2.75) is 18.9 Å². The van der Waals surface area contributed by atoms with Crippen molar-refractivity contribution in [3.8, 4) is 0 Å². The molecule has 0 atom stereocenters. The summed E-state index contributed by atoms with van der Waals surface area (Å²) in [5.41, 5.74) is 0. The summed E-state index contributed by atoms with van der Waals surface area (Å²) in [6.45, 7) is 2.25. The first-order valence-corrected chi connectivity index (χ1v) is 4.34. The summed E-state index contributed by atoms with van der Waals surface area (Å²) in [7, 11) is 1.89. The highest BCUT2D eigenvalue weighted by Crippen LogP contribution is 2.00. The molecule has 0 unspecified atom stereocenters. The van der Waals surface area contributed by atoms with Gasteiger partial charge in [-0.1, -0.05) is 0 Å². The average molecular weight is 172 g/mol. The van der Waals surface area contributed by atoms with Gasteiger partial charge in [0.2, 0.25) is 5.91 Å². The molecule has 0 aromatic heterocycles. The minimum atomic E-state index is 0.138. The lowest BCUT2D eigenvalue weighted by Crippen LogP contribution is -2.48. The Kier molecular flexibility index (Phi) is 4.04. The third kappa shape index (κ3) is 3.19. The molecule has 1 amide bonds. The number of hydrogen-bond donors (Lipinski definition) is 2. The van der Waals surface area contributed by atoms with Gasteiger partial charge < -0.3 is 15.4 Å². The third-order valence-corrected chi connectivity index (χ3v) is 1.83. The first-order valence-electron chi connectivity index (χ1n) is 4.34. The molecule has 1 saturated heterocycles. The maximum absolute atomic E-state index is 11.1. The van der Waals surface area contributed by atoms with E-state index in [4.69, 9.17) is 4.74 Å². The van der Waals surface area contributed by atoms with Crippen LogP contribution in [0.2, 0.25) is 0 Å². The van der Waals surface area contributed by atoms with Crippen LogP contribution in [0.5, 0.6) is 0 Å². The number of amides is 1. The second-order valence-electron chi connectivity index (χ2n) is 3.01. The van der Waals surface area contributed by atoms with E-state index >= 15 is 0 Å². The second-order valence-corrected chi connectivity index (χ2v) is 3.01. The van der Waals surface area contributed by atoms with Gasteiger partial charge in [0.15, 0.2) is 0 Å². The topological polar surface area (TPSA) is 50.4 Å². The molecular formula is C8H16N2O2. The molecule has 0 bridgehead atoms. The summed E-state index contributed by atoms with van der Waals surface area (Å²) >= 11 is 0. The van der Waals surface area contributed by atoms with Crippen molar-refractivity contribution in [3.05, 3.63) is 0 Å². The third-order valence-electron chi connectivity index (χ3n) is 1.83. The van der Waals surface area contributed by atoms with Crippen LogP contribution in [0.3, 0.4) is 0 Å². The fourth-order valence-electron chi connectivity index (χ4n) is 1.04. The Morgan fingerprint density at radius 3 is 2.83 bits per heavy atom. The number of nitrogens with one attached hydrogen (secondary N) is 2. The molecule has 1 heterocycles. The van der Waals surface area contributed by atoms with E-state index in [0.717, 1.165) is 13.0 Å². The van der Waals surface area contributed by atoms with Crippen LogP contribution in [0.1, 0.15) is 12.8 Å². The van der Waals surface area contributed by atoms with Crippen molar-refractivity contribution >= 4 is 5.91 Å². The monoisotopic (exact) mass is 172 g/mol. The van der Waals surface area contributed by atoms with E-state index < -0.39 is 0 Å². The molecule has 4 heteroatoms. The Balaban J connectivity index is 1.95. The van der Waals surface area contributed by atoms with E-state index in [0.29, 0.717) is 19.6 Å². The fraction of sp³-hybridized carbons (Fsp3) is 0.875. The van der Waals surface area contributed by atoms with Gasteiger partial charge >= 0.3 is 0 Å². The summed E-state index contributed by atoms with van der Waals surface area (Å²) in [5, 5.41) is 5.88. The van der Waals surface area contributed by atoms with Crippen LogP contribution < -0.4 is 10.6 Å². The van der Waals surface area contributed by atoms with Crippen LogP contribution in [0.4, 0.5) is 0 Å². The van der Waals surface area contributed by atoms with Crippen LogP contribution in [0.15, 0.2) is 0 Å². The maximum Gasteiger partial charge on any atom is 0.220 e. The number of rotatable bonds is 5. The van der Waals surface area contributed by atoms with Gasteiger partial charge in [0.05, 0.1) is 19.3 Å². The number of carbonyl (C=O) groups excluding carboxylic acids is 1. The standard InChI is InChI=1S/C8H16N2O2/c1-9-4-2-3-8(11)10-7-5-12-6-7/h7,9H,2-6H2,1H3,(H,10,11). The molecule has 1 fully saturated rings. The summed E-state index contributed by atoms with van der Waals surface area (Å²) in [4.78, 5) is 11.1. The molecule has 0 aliphatic carbocycles. The number of hydrogen-bond acceptors (Lipinski definition) is 3. The summed E-state index contributed by atoms with van der Waals surface area (Å²) in [5.74, 6) is 0.138. The van der Waals surface area contributed by atoms with Gasteiger partial charge in [0, 0.05) is 6.42 Å². The number of ether oxygens (including phenoxy) is 1. The first-order chi connectivity index (χ1) is 5.83. The van der Waals surface area contributed by atoms with Crippen molar-refractivity contribution in [2.24, 2.45) is 0 Å². The molecule has 0 saturated carbocycles. The highest BCUT2D eigenvalue weighted by Gasteiger charge is 2.19. The Hall–Kier alpha value is -0.610. The van der Waals surface area contributed by atoms with E-state index in [2.05, 4.69) is 10.6 Å². The summed E-state index contributed by atoms with van der Waals surface area (Å²) < 4.78 is 4.93. The zero-order valence-electron chi connectivity index (χ0n) is 7.43. The molecule has 0 radical (unpaired) electrons. The van der Waals surface area contributed by atoms with Gasteiger partial charge in [0.1, 0.15) is 0 Å². The Morgan fingerprint density at radius 1 is 1.58 bits per heavy atom. The van der Waals surface area contributed by atoms with Crippen molar-refractivity contribution in [3.63, 3.8) is 0 Å². The predicted molar refractivity (Wildman–Crippen MR) is 45.9 cm³/mol. The molecule has 0 aromatic carbocycles. The predicted octanol–water partition coefficient (Wildman–Crippen LogP) is -0.499. The summed E-state index contributed by atoms with van der Waals surface area (Å²) in [6.07, 6.45) is 1.51. The molecule has 0 aromatic rings. The van der Waals surface area contributed by atoms with E-state index in [9.17, 15) is 4.79 Å². The van der Waals surface area contributed by atoms with Gasteiger partial charge in [-0.2, -0.15) is 0 Å². The molecule has 1 aliphatic heterocycles. The van der Waals surface area contributed by atoms with Gasteiger partial charge in [-0.15, -0.1) is 0 Å². The molecular weight excluding hydrogens is 156 g/mol. The zero-order valence-corrected chi connectivity index (χ0v) is 7.43. The summed E-state index contributed by atoms with van der Waals surface area (Å²) in [6, 6.07) is 0.270. The van der Waals surface area contributed by atoms with E-state index in [1.807, 2.05) is 7.05 Å². The minimum absolute atomic E-state index is 0.138. The Labute approximate surface area is 72.7 Å². The lowest BCUT2D eigenvalue weighted by atomic mass is 10.2. The van der Waals surface area contributed by atoms with Crippen molar-refractivity contribution in [2.75, 3.05) is 26.8 Å². The van der Waals surface area contributed by atoms with E-state index in [1.165, 1.54) is 0 Å². The number of carbonyl (C=O) groups is 1. The van der Waals surface area contributed by atoms with Crippen molar-refractivity contribution in [1.29, 1.82) is 0 Å². The van der Waals surface area contributed by atoms with Crippen LogP contribution in [0, 0.1) is 0 Å². The molecule has 70 valence electrons. The highest BCUT2D eigenvalue weighted by atomic mass is 16.5. The van der Waals surface area contributed by atoms with Gasteiger partial charge in [-0.25, -0.2) is 0 Å². The second kappa shape index (κ2) is 5.11. The van der Waals surface area contributed by atoms with Crippen LogP contribution in [0.25, 0.3) is 0 Å². The van der Waals surface area contributed by atoms with Gasteiger partial charge in [-0.05, 0) is 20.0 Å². The SMILES string of the molecule is CNCCCC(=O)NC1COC1. The molecule has 1 rings (SSSR count). The molecule has 1 aliphatic rings. The lowest BCUT2D eigenvalue weighted by molar-refractivity contribution is -0.125. The maximum atomic E-state index is 11.1. The Morgan fingerprint density at radius 2 is 2.33 bits per heavy atom. The smallest absolute Gasteiger partial charge is 0.220 e. The van der Waals surface area contributed by atoms with Crippen LogP contribution in [-0.2, 0) is 9.53 Å². The highest BCUT2D eigenvalue weighted by molar-refractivity contribution is 5.76. The lowest BCUT2D eigenvalue weighted by Gasteiger charge is -2.26. The molecule has 12 heavy (non-hydrogen) atoms. The van der Waals surface area contributed by atoms with Crippen LogP contribution >= 0.6 is 0 Å². The molecule has 4 nitrogen and oxygen atoms in total. The largest absolute Gasteiger partial charge is 0.377 e. The van der Waals surface area contributed by atoms with Crippen molar-refractivity contribution in [1.82, 2.24) is 10.6 Å². The van der Waals surface area contributed by atoms with E-state index in [-0.39, 0.29) is 11.9 Å². The van der Waals surface area contributed by atoms with E-state index in [1.54, 1.807) is 0 Å². The zero-order chi connectivity index (χ0) is 8.81. The fourth-order valence-corrected chi connectivity index (χ4v) is 1.04. The molecule has 0 spiro atoms. The first kappa shape index (κ1) is 9.48. The van der Waals surface area contributed by atoms with Gasteiger partial charge in [0.25, 0.3) is 0 Å². The van der Waals surface area contributed by atoms with Crippen LogP contribution in [-0.4, -0.2) is 38.8 Å². The van der Waals surface area contributed by atoms with Crippen molar-refractivity contribution < 1.29 is 9.53 Å². The normalized spacial score (nSPS) is 17.1. The quantitative estimate of drug-likeness (QED) is 0.550. The average Bonchev–Trinajstić information content (AvgIpc) is 1.98. The molecule has 2 N–H and O–H groups in total. The minimum Gasteiger partial charge on any atom is -0.377 e. The Bertz CT molecular complexity index is 146. The van der Waals surface area contributed by atoms with Gasteiger partial charge in [-0.3, -0.25) is 4.79 Å².